The normalized spacial score (nSPS) is 19.4. The molecule has 1 atom stereocenters. The fraction of sp³-hybridized carbons (Fsp3) is 0.375. The van der Waals surface area contributed by atoms with Gasteiger partial charge in [-0.3, -0.25) is 14.4 Å². The molecule has 0 aliphatic carbocycles. The minimum atomic E-state index is -0.543. The molecule has 3 amide bonds. The van der Waals surface area contributed by atoms with Gasteiger partial charge in [0.25, 0.3) is 11.8 Å². The summed E-state index contributed by atoms with van der Waals surface area (Å²) < 4.78 is 10.3. The van der Waals surface area contributed by atoms with E-state index in [0.717, 1.165) is 12.8 Å². The van der Waals surface area contributed by atoms with Crippen molar-refractivity contribution in [3.63, 3.8) is 0 Å². The molecule has 2 aromatic rings. The zero-order valence-corrected chi connectivity index (χ0v) is 18.2. The minimum Gasteiger partial charge on any atom is -0.497 e. The minimum absolute atomic E-state index is 0.0103. The first-order chi connectivity index (χ1) is 15.5. The number of imide groups is 1. The van der Waals surface area contributed by atoms with Crippen LogP contribution in [0.25, 0.3) is 0 Å². The van der Waals surface area contributed by atoms with Crippen LogP contribution in [0.5, 0.6) is 11.5 Å². The summed E-state index contributed by atoms with van der Waals surface area (Å²) in [6.07, 6.45) is 1.58. The monoisotopic (exact) mass is 437 g/mol. The molecular formula is C24H27N3O5. The highest BCUT2D eigenvalue weighted by atomic mass is 16.5. The molecule has 2 heterocycles. The number of rotatable bonds is 6. The highest BCUT2D eigenvalue weighted by Crippen LogP contribution is 2.26. The van der Waals surface area contributed by atoms with Crippen molar-refractivity contribution in [2.75, 3.05) is 32.2 Å². The first-order valence-electron chi connectivity index (χ1n) is 10.7. The first kappa shape index (κ1) is 21.8. The molecule has 0 bridgehead atoms. The molecule has 0 radical (unpaired) electrons. The van der Waals surface area contributed by atoms with Gasteiger partial charge in [-0.25, -0.2) is 4.90 Å². The van der Waals surface area contributed by atoms with Crippen molar-refractivity contribution in [2.45, 2.75) is 31.3 Å². The molecule has 1 N–H and O–H groups in total. The average Bonchev–Trinajstić information content (AvgIpc) is 3.11. The Morgan fingerprint density at radius 2 is 1.47 bits per heavy atom. The van der Waals surface area contributed by atoms with E-state index in [1.165, 1.54) is 4.90 Å². The zero-order valence-electron chi connectivity index (χ0n) is 18.2. The van der Waals surface area contributed by atoms with E-state index < -0.39 is 6.04 Å². The van der Waals surface area contributed by atoms with Gasteiger partial charge in [0.2, 0.25) is 5.91 Å². The van der Waals surface area contributed by atoms with Gasteiger partial charge in [-0.1, -0.05) is 0 Å². The number of hydrogen-bond donors (Lipinski definition) is 1. The molecule has 8 heteroatoms. The summed E-state index contributed by atoms with van der Waals surface area (Å²) in [5, 5.41) is 3.34. The maximum atomic E-state index is 12.9. The van der Waals surface area contributed by atoms with E-state index in [1.54, 1.807) is 62.8 Å². The van der Waals surface area contributed by atoms with Crippen molar-refractivity contribution >= 4 is 23.4 Å². The largest absolute Gasteiger partial charge is 0.497 e. The Labute approximate surface area is 187 Å². The topological polar surface area (TPSA) is 88.2 Å². The van der Waals surface area contributed by atoms with Crippen LogP contribution in [0.2, 0.25) is 0 Å². The van der Waals surface area contributed by atoms with E-state index in [1.807, 2.05) is 4.90 Å². The summed E-state index contributed by atoms with van der Waals surface area (Å²) in [6, 6.07) is 13.5. The molecule has 0 unspecified atom stereocenters. The third-order valence-electron chi connectivity index (χ3n) is 6.03. The Morgan fingerprint density at radius 1 is 0.906 bits per heavy atom. The Morgan fingerprint density at radius 3 is 2.03 bits per heavy atom. The SMILES string of the molecule is COc1ccc(C(=O)N2CCC(N[C@@H]3CC(=O)N(c4ccc(OC)cc4)C3=O)CC2)cc1. The predicted molar refractivity (Wildman–Crippen MR) is 119 cm³/mol. The average molecular weight is 437 g/mol. The number of piperidine rings is 1. The number of amides is 3. The molecule has 168 valence electrons. The second kappa shape index (κ2) is 9.40. The van der Waals surface area contributed by atoms with Crippen molar-refractivity contribution < 1.29 is 23.9 Å². The van der Waals surface area contributed by atoms with E-state index in [4.69, 9.17) is 9.47 Å². The Kier molecular flexibility index (Phi) is 6.41. The van der Waals surface area contributed by atoms with Gasteiger partial charge in [-0.15, -0.1) is 0 Å². The lowest BCUT2D eigenvalue weighted by molar-refractivity contribution is -0.121. The number of carbonyl (C=O) groups excluding carboxylic acids is 3. The maximum absolute atomic E-state index is 12.9. The Hall–Kier alpha value is -3.39. The summed E-state index contributed by atoms with van der Waals surface area (Å²) >= 11 is 0. The molecule has 2 aromatic carbocycles. The predicted octanol–water partition coefficient (Wildman–Crippen LogP) is 2.23. The number of carbonyl (C=O) groups is 3. The number of anilines is 1. The second-order valence-electron chi connectivity index (χ2n) is 7.98. The van der Waals surface area contributed by atoms with Crippen molar-refractivity contribution in [3.05, 3.63) is 54.1 Å². The lowest BCUT2D eigenvalue weighted by Gasteiger charge is -2.33. The molecule has 4 rings (SSSR count). The molecular weight excluding hydrogens is 410 g/mol. The van der Waals surface area contributed by atoms with Gasteiger partial charge in [0, 0.05) is 24.7 Å². The van der Waals surface area contributed by atoms with Crippen LogP contribution in [0.3, 0.4) is 0 Å². The zero-order chi connectivity index (χ0) is 22.7. The third-order valence-corrected chi connectivity index (χ3v) is 6.03. The fourth-order valence-electron chi connectivity index (χ4n) is 4.21. The summed E-state index contributed by atoms with van der Waals surface area (Å²) in [5.74, 6) is 0.910. The van der Waals surface area contributed by atoms with Crippen molar-refractivity contribution in [1.29, 1.82) is 0 Å². The quantitative estimate of drug-likeness (QED) is 0.698. The summed E-state index contributed by atoms with van der Waals surface area (Å²) in [4.78, 5) is 41.2. The van der Waals surface area contributed by atoms with E-state index in [2.05, 4.69) is 5.32 Å². The van der Waals surface area contributed by atoms with Crippen molar-refractivity contribution in [1.82, 2.24) is 10.2 Å². The van der Waals surface area contributed by atoms with Gasteiger partial charge in [-0.05, 0) is 61.4 Å². The number of hydrogen-bond acceptors (Lipinski definition) is 6. The number of benzene rings is 2. The number of methoxy groups -OCH3 is 2. The molecule has 0 spiro atoms. The van der Waals surface area contributed by atoms with Gasteiger partial charge in [-0.2, -0.15) is 0 Å². The van der Waals surface area contributed by atoms with E-state index in [-0.39, 0.29) is 30.2 Å². The number of ether oxygens (including phenoxy) is 2. The molecule has 0 saturated carbocycles. The van der Waals surface area contributed by atoms with Gasteiger partial charge in [0.15, 0.2) is 0 Å². The molecule has 2 aliphatic rings. The smallest absolute Gasteiger partial charge is 0.253 e. The first-order valence-corrected chi connectivity index (χ1v) is 10.7. The van der Waals surface area contributed by atoms with E-state index >= 15 is 0 Å². The number of nitrogens with one attached hydrogen (secondary N) is 1. The Balaban J connectivity index is 1.32. The van der Waals surface area contributed by atoms with Crippen LogP contribution in [0.15, 0.2) is 48.5 Å². The van der Waals surface area contributed by atoms with Gasteiger partial charge in [0.1, 0.15) is 11.5 Å². The lowest BCUT2D eigenvalue weighted by Crippen LogP contribution is -2.49. The van der Waals surface area contributed by atoms with Crippen LogP contribution in [0.1, 0.15) is 29.6 Å². The number of nitrogens with zero attached hydrogens (tertiary/aromatic N) is 2. The van der Waals surface area contributed by atoms with Crippen LogP contribution >= 0.6 is 0 Å². The summed E-state index contributed by atoms with van der Waals surface area (Å²) in [7, 11) is 3.16. The molecule has 8 nitrogen and oxygen atoms in total. The summed E-state index contributed by atoms with van der Waals surface area (Å²) in [5.41, 5.74) is 1.17. The molecule has 2 fully saturated rings. The molecule has 2 aliphatic heterocycles. The van der Waals surface area contributed by atoms with E-state index in [9.17, 15) is 14.4 Å². The van der Waals surface area contributed by atoms with Crippen molar-refractivity contribution in [3.8, 4) is 11.5 Å². The Bertz CT molecular complexity index is 982. The maximum Gasteiger partial charge on any atom is 0.253 e. The lowest BCUT2D eigenvalue weighted by atomic mass is 10.0. The second-order valence-corrected chi connectivity index (χ2v) is 7.98. The summed E-state index contributed by atoms with van der Waals surface area (Å²) in [6.45, 7) is 1.19. The van der Waals surface area contributed by atoms with Crippen molar-refractivity contribution in [2.24, 2.45) is 0 Å². The van der Waals surface area contributed by atoms with Crippen LogP contribution in [0.4, 0.5) is 5.69 Å². The van der Waals surface area contributed by atoms with Gasteiger partial charge in [0.05, 0.1) is 32.4 Å². The third kappa shape index (κ3) is 4.45. The number of likely N-dealkylation sites (tertiary alicyclic amines) is 1. The van der Waals surface area contributed by atoms with Crippen LogP contribution < -0.4 is 19.7 Å². The highest BCUT2D eigenvalue weighted by Gasteiger charge is 2.40. The van der Waals surface area contributed by atoms with Crippen LogP contribution in [-0.4, -0.2) is 62.0 Å². The molecule has 0 aromatic heterocycles. The highest BCUT2D eigenvalue weighted by molar-refractivity contribution is 6.22. The molecule has 32 heavy (non-hydrogen) atoms. The van der Waals surface area contributed by atoms with Crippen LogP contribution in [-0.2, 0) is 9.59 Å². The van der Waals surface area contributed by atoms with Gasteiger partial charge >= 0.3 is 0 Å². The standard InChI is InChI=1S/C24H27N3O5/c1-31-19-7-3-16(4-8-19)23(29)26-13-11-17(12-14-26)25-21-15-22(28)27(24(21)30)18-5-9-20(32-2)10-6-18/h3-10,17,21,25H,11-15H2,1-2H3/t21-/m1/s1. The fourth-order valence-corrected chi connectivity index (χ4v) is 4.21. The van der Waals surface area contributed by atoms with Crippen LogP contribution in [0, 0.1) is 0 Å². The van der Waals surface area contributed by atoms with E-state index in [0.29, 0.717) is 35.8 Å². The molecule has 2 saturated heterocycles. The van der Waals surface area contributed by atoms with Gasteiger partial charge < -0.3 is 19.7 Å².